The molecule has 35 heavy (non-hydrogen) atoms. The van der Waals surface area contributed by atoms with Crippen LogP contribution in [0, 0.1) is 19.3 Å². The van der Waals surface area contributed by atoms with Gasteiger partial charge in [-0.3, -0.25) is 14.9 Å². The molecule has 2 N–H and O–H groups in total. The molecule has 0 spiro atoms. The van der Waals surface area contributed by atoms with Crippen LogP contribution in [0.1, 0.15) is 74.3 Å². The van der Waals surface area contributed by atoms with Gasteiger partial charge in [0.2, 0.25) is 0 Å². The van der Waals surface area contributed by atoms with E-state index >= 15 is 0 Å². The van der Waals surface area contributed by atoms with Gasteiger partial charge in [0.15, 0.2) is 0 Å². The minimum Gasteiger partial charge on any atom is -0.491 e. The number of aliphatic hydroxyl groups is 1. The Balaban J connectivity index is 1.63. The standard InChI is InChI=1S/C29H37NO4S/c1-7-21(23-12-11-22(18(2)15-23)16-25-27(32)30-28(33)35-25)10-8-20-9-13-24(19(3)14-20)34-17-26(31)29(4,5)6/h9,11-16,21,26,31H,7-8,10,17H2,1-6H3,(H,30,32,33). The molecule has 1 saturated heterocycles. The predicted octanol–water partition coefficient (Wildman–Crippen LogP) is 6.54. The summed E-state index contributed by atoms with van der Waals surface area (Å²) in [4.78, 5) is 23.7. The zero-order valence-corrected chi connectivity index (χ0v) is 22.4. The smallest absolute Gasteiger partial charge is 0.290 e. The normalized spacial score (nSPS) is 16.9. The summed E-state index contributed by atoms with van der Waals surface area (Å²) in [5, 5.41) is 12.2. The number of aliphatic hydroxyl groups excluding tert-OH is 1. The SMILES string of the molecule is CCC(CCc1ccc(OCC(O)C(C)(C)C)c(C)c1)c1ccc(C=C2SC(=O)NC2=O)c(C)c1. The first-order chi connectivity index (χ1) is 16.5. The number of ether oxygens (including phenoxy) is 1. The molecule has 0 aromatic heterocycles. The lowest BCUT2D eigenvalue weighted by molar-refractivity contribution is -0.115. The first-order valence-corrected chi connectivity index (χ1v) is 13.1. The summed E-state index contributed by atoms with van der Waals surface area (Å²) in [7, 11) is 0. The van der Waals surface area contributed by atoms with Crippen molar-refractivity contribution in [2.24, 2.45) is 5.41 Å². The molecule has 0 radical (unpaired) electrons. The van der Waals surface area contributed by atoms with Gasteiger partial charge in [-0.15, -0.1) is 0 Å². The number of aryl methyl sites for hydroxylation is 3. The number of carbonyl (C=O) groups excluding carboxylic acids is 2. The molecule has 0 saturated carbocycles. The van der Waals surface area contributed by atoms with Crippen molar-refractivity contribution in [2.45, 2.75) is 72.8 Å². The van der Waals surface area contributed by atoms with E-state index in [-0.39, 0.29) is 23.2 Å². The molecule has 5 nitrogen and oxygen atoms in total. The van der Waals surface area contributed by atoms with E-state index < -0.39 is 6.10 Å². The Bertz CT molecular complexity index is 1120. The average Bonchev–Trinajstić information content (AvgIpc) is 3.10. The molecule has 2 aromatic rings. The molecular weight excluding hydrogens is 458 g/mol. The van der Waals surface area contributed by atoms with Crippen molar-refractivity contribution in [2.75, 3.05) is 6.61 Å². The van der Waals surface area contributed by atoms with E-state index in [0.29, 0.717) is 10.8 Å². The van der Waals surface area contributed by atoms with Gasteiger partial charge < -0.3 is 9.84 Å². The highest BCUT2D eigenvalue weighted by Crippen LogP contribution is 2.31. The molecule has 2 unspecified atom stereocenters. The third kappa shape index (κ3) is 7.21. The fourth-order valence-electron chi connectivity index (χ4n) is 4.07. The Kier molecular flexibility index (Phi) is 8.84. The van der Waals surface area contributed by atoms with E-state index in [1.54, 1.807) is 6.08 Å². The van der Waals surface area contributed by atoms with Crippen molar-refractivity contribution in [3.63, 3.8) is 0 Å². The molecule has 1 heterocycles. The number of rotatable bonds is 9. The number of imide groups is 1. The number of thioether (sulfide) groups is 1. The van der Waals surface area contributed by atoms with Crippen molar-refractivity contribution < 1.29 is 19.4 Å². The first-order valence-electron chi connectivity index (χ1n) is 12.2. The molecule has 2 amide bonds. The van der Waals surface area contributed by atoms with Gasteiger partial charge in [0.05, 0.1) is 11.0 Å². The second kappa shape index (κ2) is 11.4. The molecule has 6 heteroatoms. The van der Waals surface area contributed by atoms with E-state index in [4.69, 9.17) is 4.74 Å². The largest absolute Gasteiger partial charge is 0.491 e. The van der Waals surface area contributed by atoms with Crippen LogP contribution in [0.2, 0.25) is 0 Å². The minimum atomic E-state index is -0.519. The quantitative estimate of drug-likeness (QED) is 0.386. The molecule has 0 bridgehead atoms. The number of benzene rings is 2. The zero-order chi connectivity index (χ0) is 25.8. The average molecular weight is 496 g/mol. The van der Waals surface area contributed by atoms with Crippen molar-refractivity contribution >= 4 is 29.0 Å². The summed E-state index contributed by atoms with van der Waals surface area (Å²) in [6.07, 6.45) is 4.31. The lowest BCUT2D eigenvalue weighted by atomic mass is 9.88. The van der Waals surface area contributed by atoms with Gasteiger partial charge in [-0.1, -0.05) is 58.0 Å². The molecule has 2 aromatic carbocycles. The van der Waals surface area contributed by atoms with Gasteiger partial charge in [0.25, 0.3) is 11.1 Å². The van der Waals surface area contributed by atoms with E-state index in [0.717, 1.165) is 53.5 Å². The fourth-order valence-corrected chi connectivity index (χ4v) is 4.75. The summed E-state index contributed by atoms with van der Waals surface area (Å²) in [6, 6.07) is 12.7. The van der Waals surface area contributed by atoms with Gasteiger partial charge in [-0.2, -0.15) is 0 Å². The Morgan fingerprint density at radius 2 is 1.83 bits per heavy atom. The van der Waals surface area contributed by atoms with E-state index in [9.17, 15) is 14.7 Å². The first kappa shape index (κ1) is 27.0. The molecule has 3 rings (SSSR count). The van der Waals surface area contributed by atoms with Gasteiger partial charge in [0, 0.05) is 0 Å². The van der Waals surface area contributed by atoms with Crippen LogP contribution in [0.4, 0.5) is 4.79 Å². The van der Waals surface area contributed by atoms with Crippen LogP contribution < -0.4 is 10.1 Å². The summed E-state index contributed by atoms with van der Waals surface area (Å²) in [6.45, 7) is 12.6. The maximum absolute atomic E-state index is 11.9. The van der Waals surface area contributed by atoms with Crippen LogP contribution in [0.3, 0.4) is 0 Å². The zero-order valence-electron chi connectivity index (χ0n) is 21.6. The maximum Gasteiger partial charge on any atom is 0.290 e. The molecule has 1 fully saturated rings. The van der Waals surface area contributed by atoms with E-state index in [2.05, 4.69) is 36.5 Å². The Morgan fingerprint density at radius 1 is 1.09 bits per heavy atom. The van der Waals surface area contributed by atoms with Crippen LogP contribution in [0.5, 0.6) is 5.75 Å². The number of amides is 2. The summed E-state index contributed by atoms with van der Waals surface area (Å²) in [5.74, 6) is 0.923. The topological polar surface area (TPSA) is 75.6 Å². The van der Waals surface area contributed by atoms with Gasteiger partial charge >= 0.3 is 0 Å². The highest BCUT2D eigenvalue weighted by atomic mass is 32.2. The van der Waals surface area contributed by atoms with Crippen molar-refractivity contribution in [1.82, 2.24) is 5.32 Å². The number of nitrogens with one attached hydrogen (secondary N) is 1. The van der Waals surface area contributed by atoms with Crippen molar-refractivity contribution in [3.05, 3.63) is 69.1 Å². The van der Waals surface area contributed by atoms with E-state index in [1.165, 1.54) is 11.1 Å². The molecular formula is C29H37NO4S. The van der Waals surface area contributed by atoms with Crippen LogP contribution in [0.15, 0.2) is 41.3 Å². The van der Waals surface area contributed by atoms with Crippen LogP contribution in [-0.4, -0.2) is 29.0 Å². The number of carbonyl (C=O) groups is 2. The Labute approximate surface area is 213 Å². The maximum atomic E-state index is 11.9. The lowest BCUT2D eigenvalue weighted by Crippen LogP contribution is -2.32. The molecule has 188 valence electrons. The summed E-state index contributed by atoms with van der Waals surface area (Å²) >= 11 is 0.945. The Morgan fingerprint density at radius 3 is 2.40 bits per heavy atom. The number of hydrogen-bond donors (Lipinski definition) is 2. The van der Waals surface area contributed by atoms with E-state index in [1.807, 2.05) is 46.8 Å². The van der Waals surface area contributed by atoms with Gasteiger partial charge in [-0.05, 0) is 96.2 Å². The van der Waals surface area contributed by atoms with Crippen molar-refractivity contribution in [3.8, 4) is 5.75 Å². The molecule has 1 aliphatic rings. The van der Waals surface area contributed by atoms with Crippen LogP contribution in [-0.2, 0) is 11.2 Å². The fraction of sp³-hybridized carbons (Fsp3) is 0.448. The van der Waals surface area contributed by atoms with Crippen LogP contribution >= 0.6 is 11.8 Å². The minimum absolute atomic E-state index is 0.209. The highest BCUT2D eigenvalue weighted by Gasteiger charge is 2.25. The monoisotopic (exact) mass is 495 g/mol. The van der Waals surface area contributed by atoms with Crippen molar-refractivity contribution in [1.29, 1.82) is 0 Å². The molecule has 0 aliphatic carbocycles. The molecule has 1 aliphatic heterocycles. The second-order valence-corrected chi connectivity index (χ2v) is 11.4. The van der Waals surface area contributed by atoms with Crippen LogP contribution in [0.25, 0.3) is 6.08 Å². The lowest BCUT2D eigenvalue weighted by Gasteiger charge is -2.26. The third-order valence-corrected chi connectivity index (χ3v) is 7.41. The Hall–Kier alpha value is -2.57. The summed E-state index contributed by atoms with van der Waals surface area (Å²) < 4.78 is 5.88. The second-order valence-electron chi connectivity index (χ2n) is 10.4. The van der Waals surface area contributed by atoms with Gasteiger partial charge in [-0.25, -0.2) is 0 Å². The number of hydrogen-bond acceptors (Lipinski definition) is 5. The summed E-state index contributed by atoms with van der Waals surface area (Å²) in [5.41, 5.74) is 5.49. The predicted molar refractivity (Wildman–Crippen MR) is 144 cm³/mol. The van der Waals surface area contributed by atoms with Gasteiger partial charge in [0.1, 0.15) is 12.4 Å². The third-order valence-electron chi connectivity index (χ3n) is 6.60. The molecule has 2 atom stereocenters. The highest BCUT2D eigenvalue weighted by molar-refractivity contribution is 8.18.